The molecule has 30 heavy (non-hydrogen) atoms. The third kappa shape index (κ3) is 5.19. The maximum atomic E-state index is 12.8. The zero-order chi connectivity index (χ0) is 21.7. The van der Waals surface area contributed by atoms with Gasteiger partial charge in [0.15, 0.2) is 0 Å². The first-order valence-corrected chi connectivity index (χ1v) is 11.6. The molecule has 3 N–H and O–H groups in total. The number of anilines is 1. The van der Waals surface area contributed by atoms with Gasteiger partial charge in [0.25, 0.3) is 5.91 Å². The molecule has 8 heteroatoms. The van der Waals surface area contributed by atoms with Crippen LogP contribution in [0.25, 0.3) is 0 Å². The molecule has 1 fully saturated rings. The summed E-state index contributed by atoms with van der Waals surface area (Å²) in [5.41, 5.74) is 1.63. The van der Waals surface area contributed by atoms with Crippen molar-refractivity contribution in [2.45, 2.75) is 37.6 Å². The standard InChI is InChI=1S/C22H29N3O4S/c1-15-14-18(30(27,28)25-16(2)17-10-12-23-13-11-17)8-9-20(15)24-22(26)19-6-4-5-7-21(19)29-3/h4-9,14,16-17,23,25H,10-13H2,1-3H3,(H,24,26)/t16-/m1/s1. The SMILES string of the molecule is COc1ccccc1C(=O)Nc1ccc(S(=O)(=O)N[C@H](C)C2CCNCC2)cc1C. The average molecular weight is 432 g/mol. The van der Waals surface area contributed by atoms with Crippen molar-refractivity contribution in [2.75, 3.05) is 25.5 Å². The van der Waals surface area contributed by atoms with Gasteiger partial charge in [-0.25, -0.2) is 13.1 Å². The van der Waals surface area contributed by atoms with Crippen molar-refractivity contribution in [3.63, 3.8) is 0 Å². The summed E-state index contributed by atoms with van der Waals surface area (Å²) < 4.78 is 33.7. The minimum absolute atomic E-state index is 0.137. The molecule has 1 aliphatic rings. The summed E-state index contributed by atoms with van der Waals surface area (Å²) in [6.45, 7) is 5.52. The van der Waals surface area contributed by atoms with E-state index < -0.39 is 10.0 Å². The van der Waals surface area contributed by atoms with E-state index in [1.165, 1.54) is 13.2 Å². The fourth-order valence-electron chi connectivity index (χ4n) is 3.72. The van der Waals surface area contributed by atoms with Crippen LogP contribution in [0, 0.1) is 12.8 Å². The zero-order valence-corrected chi connectivity index (χ0v) is 18.4. The number of para-hydroxylation sites is 1. The monoisotopic (exact) mass is 431 g/mol. The number of nitrogens with one attached hydrogen (secondary N) is 3. The number of hydrogen-bond acceptors (Lipinski definition) is 5. The van der Waals surface area contributed by atoms with Gasteiger partial charge in [-0.15, -0.1) is 0 Å². The molecule has 0 radical (unpaired) electrons. The average Bonchev–Trinajstić information content (AvgIpc) is 2.75. The number of methoxy groups -OCH3 is 1. The van der Waals surface area contributed by atoms with Crippen LogP contribution >= 0.6 is 0 Å². The minimum Gasteiger partial charge on any atom is -0.496 e. The van der Waals surface area contributed by atoms with Crippen molar-refractivity contribution in [2.24, 2.45) is 5.92 Å². The number of rotatable bonds is 7. The van der Waals surface area contributed by atoms with E-state index in [0.717, 1.165) is 25.9 Å². The topological polar surface area (TPSA) is 96.5 Å². The lowest BCUT2D eigenvalue weighted by Crippen LogP contribution is -2.42. The number of aryl methyl sites for hydroxylation is 1. The predicted octanol–water partition coefficient (Wildman–Crippen LogP) is 2.92. The Hall–Kier alpha value is -2.42. The first-order chi connectivity index (χ1) is 14.3. The molecule has 0 spiro atoms. The van der Waals surface area contributed by atoms with Crippen LogP contribution in [-0.4, -0.2) is 40.6 Å². The van der Waals surface area contributed by atoms with Crippen molar-refractivity contribution in [3.05, 3.63) is 53.6 Å². The Balaban J connectivity index is 1.73. The third-order valence-corrected chi connectivity index (χ3v) is 7.10. The van der Waals surface area contributed by atoms with Crippen LogP contribution in [0.3, 0.4) is 0 Å². The Morgan fingerprint density at radius 3 is 2.53 bits per heavy atom. The molecule has 7 nitrogen and oxygen atoms in total. The number of amides is 1. The molecule has 0 aromatic heterocycles. The van der Waals surface area contributed by atoms with Gasteiger partial charge in [-0.3, -0.25) is 4.79 Å². The van der Waals surface area contributed by atoms with Crippen molar-refractivity contribution in [1.29, 1.82) is 0 Å². The highest BCUT2D eigenvalue weighted by molar-refractivity contribution is 7.89. The van der Waals surface area contributed by atoms with Gasteiger partial charge in [0.2, 0.25) is 10.0 Å². The van der Waals surface area contributed by atoms with Crippen LogP contribution in [0.5, 0.6) is 5.75 Å². The summed E-state index contributed by atoms with van der Waals surface area (Å²) >= 11 is 0. The zero-order valence-electron chi connectivity index (χ0n) is 17.6. The van der Waals surface area contributed by atoms with E-state index in [2.05, 4.69) is 15.4 Å². The Bertz CT molecular complexity index is 1000. The molecule has 1 atom stereocenters. The largest absolute Gasteiger partial charge is 0.496 e. The Morgan fingerprint density at radius 1 is 1.17 bits per heavy atom. The van der Waals surface area contributed by atoms with Crippen LogP contribution in [0.2, 0.25) is 0 Å². The summed E-state index contributed by atoms with van der Waals surface area (Å²) in [5, 5.41) is 6.12. The molecular formula is C22H29N3O4S. The summed E-state index contributed by atoms with van der Waals surface area (Å²) in [6, 6.07) is 11.5. The molecule has 162 valence electrons. The second kappa shape index (κ2) is 9.59. The molecule has 0 aliphatic carbocycles. The van der Waals surface area contributed by atoms with Gasteiger partial charge in [0.05, 0.1) is 17.6 Å². The normalized spacial score (nSPS) is 16.1. The predicted molar refractivity (Wildman–Crippen MR) is 118 cm³/mol. The smallest absolute Gasteiger partial charge is 0.259 e. The third-order valence-electron chi connectivity index (χ3n) is 5.54. The summed E-state index contributed by atoms with van der Waals surface area (Å²) in [7, 11) is -2.13. The molecule has 1 aliphatic heterocycles. The van der Waals surface area contributed by atoms with Crippen molar-refractivity contribution >= 4 is 21.6 Å². The lowest BCUT2D eigenvalue weighted by Gasteiger charge is -2.28. The van der Waals surface area contributed by atoms with Crippen LogP contribution in [0.4, 0.5) is 5.69 Å². The molecule has 2 aromatic rings. The van der Waals surface area contributed by atoms with Crippen LogP contribution in [0.1, 0.15) is 35.7 Å². The first-order valence-electron chi connectivity index (χ1n) is 10.1. The van der Waals surface area contributed by atoms with Crippen LogP contribution < -0.4 is 20.1 Å². The van der Waals surface area contributed by atoms with Crippen LogP contribution in [-0.2, 0) is 10.0 Å². The lowest BCUT2D eigenvalue weighted by atomic mass is 9.92. The molecule has 1 amide bonds. The summed E-state index contributed by atoms with van der Waals surface area (Å²) in [6.07, 6.45) is 1.91. The molecule has 0 saturated carbocycles. The summed E-state index contributed by atoms with van der Waals surface area (Å²) in [5.74, 6) is 0.480. The number of hydrogen-bond donors (Lipinski definition) is 3. The molecule has 1 saturated heterocycles. The Labute approximate surface area is 178 Å². The van der Waals surface area contributed by atoms with Crippen molar-refractivity contribution in [1.82, 2.24) is 10.0 Å². The van der Waals surface area contributed by atoms with E-state index in [1.54, 1.807) is 43.3 Å². The fourth-order valence-corrected chi connectivity index (χ4v) is 5.12. The number of piperidine rings is 1. The van der Waals surface area contributed by atoms with E-state index in [9.17, 15) is 13.2 Å². The quantitative estimate of drug-likeness (QED) is 0.626. The van der Waals surface area contributed by atoms with E-state index in [1.807, 2.05) is 6.92 Å². The lowest BCUT2D eigenvalue weighted by molar-refractivity contribution is 0.102. The molecular weight excluding hydrogens is 402 g/mol. The molecule has 1 heterocycles. The number of carbonyl (C=O) groups is 1. The second-order valence-corrected chi connectivity index (χ2v) is 9.34. The van der Waals surface area contributed by atoms with Gasteiger partial charge >= 0.3 is 0 Å². The number of benzene rings is 2. The second-order valence-electron chi connectivity index (χ2n) is 7.63. The highest BCUT2D eigenvalue weighted by atomic mass is 32.2. The number of carbonyl (C=O) groups excluding carboxylic acids is 1. The maximum Gasteiger partial charge on any atom is 0.259 e. The maximum absolute atomic E-state index is 12.8. The molecule has 2 aromatic carbocycles. The highest BCUT2D eigenvalue weighted by Crippen LogP contribution is 2.24. The highest BCUT2D eigenvalue weighted by Gasteiger charge is 2.25. The van der Waals surface area contributed by atoms with Gasteiger partial charge in [-0.2, -0.15) is 0 Å². The van der Waals surface area contributed by atoms with Gasteiger partial charge in [-0.05, 0) is 81.6 Å². The van der Waals surface area contributed by atoms with Gasteiger partial charge in [0, 0.05) is 11.7 Å². The first kappa shape index (κ1) is 22.3. The number of sulfonamides is 1. The summed E-state index contributed by atoms with van der Waals surface area (Å²) in [4.78, 5) is 12.8. The molecule has 0 unspecified atom stereocenters. The Kier molecular flexibility index (Phi) is 7.12. The van der Waals surface area contributed by atoms with E-state index in [4.69, 9.17) is 4.74 Å². The van der Waals surface area contributed by atoms with Gasteiger partial charge in [0.1, 0.15) is 5.75 Å². The fraction of sp³-hybridized carbons (Fsp3) is 0.409. The van der Waals surface area contributed by atoms with Crippen LogP contribution in [0.15, 0.2) is 47.4 Å². The van der Waals surface area contributed by atoms with Crippen molar-refractivity contribution in [3.8, 4) is 5.75 Å². The van der Waals surface area contributed by atoms with Crippen molar-refractivity contribution < 1.29 is 17.9 Å². The molecule has 0 bridgehead atoms. The van der Waals surface area contributed by atoms with Gasteiger partial charge in [-0.1, -0.05) is 12.1 Å². The van der Waals surface area contributed by atoms with E-state index >= 15 is 0 Å². The Morgan fingerprint density at radius 2 is 1.87 bits per heavy atom. The van der Waals surface area contributed by atoms with E-state index in [0.29, 0.717) is 28.5 Å². The van der Waals surface area contributed by atoms with E-state index in [-0.39, 0.29) is 16.8 Å². The van der Waals surface area contributed by atoms with Gasteiger partial charge < -0.3 is 15.4 Å². The minimum atomic E-state index is -3.64. The number of ether oxygens (including phenoxy) is 1. The molecule has 3 rings (SSSR count).